The molecule has 0 aliphatic rings. The summed E-state index contributed by atoms with van der Waals surface area (Å²) in [5.74, 6) is -1.25. The molecule has 0 saturated carbocycles. The summed E-state index contributed by atoms with van der Waals surface area (Å²) in [5, 5.41) is 0. The van der Waals surface area contributed by atoms with Crippen LogP contribution in [0.1, 0.15) is 46.1 Å². The number of imidazole rings is 1. The predicted molar refractivity (Wildman–Crippen MR) is 104 cm³/mol. The normalized spacial score (nSPS) is 13.2. The Morgan fingerprint density at radius 1 is 1.03 bits per heavy atom. The van der Waals surface area contributed by atoms with Crippen molar-refractivity contribution in [2.75, 3.05) is 0 Å². The molecule has 8 heteroatoms. The smallest absolute Gasteiger partial charge is 0.420 e. The average molecular weight is 402 g/mol. The van der Waals surface area contributed by atoms with Gasteiger partial charge < -0.3 is 14.2 Å². The number of rotatable bonds is 7. The average Bonchev–Trinajstić information content (AvgIpc) is 3.19. The van der Waals surface area contributed by atoms with E-state index in [0.29, 0.717) is 0 Å². The molecule has 0 spiro atoms. The second-order valence-corrected chi connectivity index (χ2v) is 7.72. The Bertz CT molecular complexity index is 827. The molecule has 0 radical (unpaired) electrons. The van der Waals surface area contributed by atoms with Crippen LogP contribution in [-0.4, -0.2) is 38.8 Å². The first-order valence-electron chi connectivity index (χ1n) is 9.23. The number of hydrogen-bond donors (Lipinski definition) is 0. The van der Waals surface area contributed by atoms with Crippen LogP contribution in [0.5, 0.6) is 0 Å². The number of esters is 2. The number of benzene rings is 1. The molecule has 1 aromatic carbocycles. The van der Waals surface area contributed by atoms with E-state index in [-0.39, 0.29) is 19.4 Å². The summed E-state index contributed by atoms with van der Waals surface area (Å²) in [6.45, 7) is 6.66. The molecule has 0 aliphatic carbocycles. The fraction of sp³-hybridized carbons (Fsp3) is 0.429. The molecular formula is C21H26N2O6. The van der Waals surface area contributed by atoms with Gasteiger partial charge in [0.1, 0.15) is 18.5 Å². The van der Waals surface area contributed by atoms with Crippen LogP contribution in [0.25, 0.3) is 0 Å². The van der Waals surface area contributed by atoms with Gasteiger partial charge in [0.05, 0.1) is 0 Å². The van der Waals surface area contributed by atoms with Crippen molar-refractivity contribution < 1.29 is 28.6 Å². The summed E-state index contributed by atoms with van der Waals surface area (Å²) in [6, 6.07) is 9.23. The fourth-order valence-corrected chi connectivity index (χ4v) is 2.34. The van der Waals surface area contributed by atoms with Crippen LogP contribution in [0.3, 0.4) is 0 Å². The van der Waals surface area contributed by atoms with Crippen LogP contribution < -0.4 is 0 Å². The highest BCUT2D eigenvalue weighted by Gasteiger charge is 2.42. The maximum atomic E-state index is 12.7. The van der Waals surface area contributed by atoms with Gasteiger partial charge in [-0.05, 0) is 33.3 Å². The van der Waals surface area contributed by atoms with Crippen LogP contribution in [0, 0.1) is 0 Å². The Morgan fingerprint density at radius 3 is 2.31 bits per heavy atom. The van der Waals surface area contributed by atoms with Gasteiger partial charge in [0.2, 0.25) is 5.60 Å². The number of carbonyl (C=O) groups excluding carboxylic acids is 3. The van der Waals surface area contributed by atoms with E-state index >= 15 is 0 Å². The second kappa shape index (κ2) is 9.36. The maximum Gasteiger partial charge on any atom is 0.420 e. The molecule has 0 bridgehead atoms. The molecule has 0 saturated heterocycles. The minimum atomic E-state index is -1.67. The molecule has 2 rings (SSSR count). The minimum absolute atomic E-state index is 0.0873. The van der Waals surface area contributed by atoms with Gasteiger partial charge in [-0.1, -0.05) is 30.3 Å². The quantitative estimate of drug-likeness (QED) is 0.516. The SMILES string of the molecule is CC(C)(C)OC(=O)[C@@](C)(CCC(=O)OCc1ccccc1)OC(=O)n1ccnc1. The van der Waals surface area contributed by atoms with Gasteiger partial charge in [-0.15, -0.1) is 0 Å². The molecule has 8 nitrogen and oxygen atoms in total. The van der Waals surface area contributed by atoms with Crippen LogP contribution >= 0.6 is 0 Å². The van der Waals surface area contributed by atoms with Gasteiger partial charge in [-0.25, -0.2) is 19.1 Å². The zero-order chi connectivity index (χ0) is 21.5. The third-order valence-corrected chi connectivity index (χ3v) is 3.91. The van der Waals surface area contributed by atoms with Crippen molar-refractivity contribution in [2.24, 2.45) is 0 Å². The van der Waals surface area contributed by atoms with Crippen molar-refractivity contribution in [1.29, 1.82) is 0 Å². The monoisotopic (exact) mass is 402 g/mol. The lowest BCUT2D eigenvalue weighted by molar-refractivity contribution is -0.176. The van der Waals surface area contributed by atoms with E-state index in [9.17, 15) is 14.4 Å². The third-order valence-electron chi connectivity index (χ3n) is 3.91. The molecule has 29 heavy (non-hydrogen) atoms. The lowest BCUT2D eigenvalue weighted by Gasteiger charge is -2.30. The lowest BCUT2D eigenvalue weighted by Crippen LogP contribution is -2.45. The van der Waals surface area contributed by atoms with Crippen molar-refractivity contribution in [2.45, 2.75) is 58.3 Å². The van der Waals surface area contributed by atoms with E-state index in [1.165, 1.54) is 25.6 Å². The van der Waals surface area contributed by atoms with Crippen LogP contribution in [0.15, 0.2) is 49.1 Å². The zero-order valence-corrected chi connectivity index (χ0v) is 17.1. The number of carbonyl (C=O) groups is 3. The van der Waals surface area contributed by atoms with E-state index in [1.54, 1.807) is 20.8 Å². The van der Waals surface area contributed by atoms with Gasteiger partial charge in [0.25, 0.3) is 0 Å². The molecular weight excluding hydrogens is 376 g/mol. The van der Waals surface area contributed by atoms with Crippen molar-refractivity contribution in [3.05, 3.63) is 54.6 Å². The summed E-state index contributed by atoms with van der Waals surface area (Å²) >= 11 is 0. The highest BCUT2D eigenvalue weighted by Crippen LogP contribution is 2.24. The van der Waals surface area contributed by atoms with E-state index in [4.69, 9.17) is 14.2 Å². The molecule has 0 aliphatic heterocycles. The lowest BCUT2D eigenvalue weighted by atomic mass is 9.99. The molecule has 1 aromatic heterocycles. The molecule has 0 N–H and O–H groups in total. The molecule has 1 heterocycles. The maximum absolute atomic E-state index is 12.7. The van der Waals surface area contributed by atoms with Gasteiger partial charge in [0.15, 0.2) is 0 Å². The first kappa shape index (κ1) is 22.1. The molecule has 2 aromatic rings. The van der Waals surface area contributed by atoms with Gasteiger partial charge in [0, 0.05) is 25.2 Å². The number of aromatic nitrogens is 2. The van der Waals surface area contributed by atoms with Crippen molar-refractivity contribution in [3.63, 3.8) is 0 Å². The van der Waals surface area contributed by atoms with Gasteiger partial charge >= 0.3 is 18.0 Å². The fourth-order valence-electron chi connectivity index (χ4n) is 2.34. The van der Waals surface area contributed by atoms with Gasteiger partial charge in [-0.3, -0.25) is 4.79 Å². The second-order valence-electron chi connectivity index (χ2n) is 7.72. The molecule has 156 valence electrons. The van der Waals surface area contributed by atoms with Crippen molar-refractivity contribution >= 4 is 18.0 Å². The summed E-state index contributed by atoms with van der Waals surface area (Å²) in [6.07, 6.45) is 3.05. The molecule has 0 fully saturated rings. The standard InChI is InChI=1S/C21H26N2O6/c1-20(2,3)28-18(25)21(4,29-19(26)23-13-12-22-15-23)11-10-17(24)27-14-16-8-6-5-7-9-16/h5-9,12-13,15H,10-11,14H2,1-4H3/t21-/m1/s1. The van der Waals surface area contributed by atoms with E-state index in [1.807, 2.05) is 30.3 Å². The summed E-state index contributed by atoms with van der Waals surface area (Å²) in [5.41, 5.74) is -1.60. The number of hydrogen-bond acceptors (Lipinski definition) is 7. The Morgan fingerprint density at radius 2 is 1.72 bits per heavy atom. The highest BCUT2D eigenvalue weighted by molar-refractivity contribution is 5.84. The van der Waals surface area contributed by atoms with Gasteiger partial charge in [-0.2, -0.15) is 0 Å². The number of nitrogens with zero attached hydrogens (tertiary/aromatic N) is 2. The van der Waals surface area contributed by atoms with Crippen LogP contribution in [-0.2, 0) is 30.4 Å². The summed E-state index contributed by atoms with van der Waals surface area (Å²) in [7, 11) is 0. The topological polar surface area (TPSA) is 96.7 Å². The highest BCUT2D eigenvalue weighted by atomic mass is 16.6. The minimum Gasteiger partial charge on any atom is -0.461 e. The summed E-state index contributed by atoms with van der Waals surface area (Å²) < 4.78 is 17.1. The predicted octanol–water partition coefficient (Wildman–Crippen LogP) is 3.49. The first-order valence-corrected chi connectivity index (χ1v) is 9.23. The molecule has 0 amide bonds. The Balaban J connectivity index is 2.02. The third kappa shape index (κ3) is 7.06. The number of ether oxygens (including phenoxy) is 3. The van der Waals surface area contributed by atoms with Crippen molar-refractivity contribution in [3.8, 4) is 0 Å². The Kier molecular flexibility index (Phi) is 7.14. The Labute approximate surface area is 169 Å². The largest absolute Gasteiger partial charge is 0.461 e. The summed E-state index contributed by atoms with van der Waals surface area (Å²) in [4.78, 5) is 41.0. The van der Waals surface area contributed by atoms with E-state index < -0.39 is 29.2 Å². The van der Waals surface area contributed by atoms with E-state index in [2.05, 4.69) is 4.98 Å². The molecule has 0 unspecified atom stereocenters. The molecule has 1 atom stereocenters. The van der Waals surface area contributed by atoms with E-state index in [0.717, 1.165) is 10.1 Å². The van der Waals surface area contributed by atoms with Crippen LogP contribution in [0.4, 0.5) is 4.79 Å². The van der Waals surface area contributed by atoms with Crippen molar-refractivity contribution in [1.82, 2.24) is 9.55 Å². The van der Waals surface area contributed by atoms with Crippen LogP contribution in [0.2, 0.25) is 0 Å². The first-order chi connectivity index (χ1) is 13.6. The zero-order valence-electron chi connectivity index (χ0n) is 17.1. The Hall–Kier alpha value is -3.16.